The predicted molar refractivity (Wildman–Crippen MR) is 114 cm³/mol. The quantitative estimate of drug-likeness (QED) is 0.369. The van der Waals surface area contributed by atoms with Gasteiger partial charge >= 0.3 is 0 Å². The van der Waals surface area contributed by atoms with Crippen molar-refractivity contribution in [2.24, 2.45) is 17.8 Å². The topological polar surface area (TPSA) is 0 Å². The van der Waals surface area contributed by atoms with E-state index in [0.717, 1.165) is 17.8 Å². The second-order valence-corrected chi connectivity index (χ2v) is 7.04. The standard InChI is InChI=1S/C9H20.C8H18.C4H10.C2H6/c1-5-7-9(4)8(3)6-2;1-4-5-6-7-8(2)3;1-3-4-2;1-2/h8-9H,5-7H2,1-4H3;8H,4-7H2,1-3H3;3-4H2,1-2H3;1-2H3. The van der Waals surface area contributed by atoms with Gasteiger partial charge in [-0.15, -0.1) is 0 Å². The molecule has 0 bridgehead atoms. The molecule has 0 amide bonds. The molecule has 0 aliphatic heterocycles. The second kappa shape index (κ2) is 29.9. The minimum absolute atomic E-state index is 0.904. The molecular formula is C23H54. The first-order valence-electron chi connectivity index (χ1n) is 10.9. The van der Waals surface area contributed by atoms with E-state index in [2.05, 4.69) is 62.3 Å². The molecule has 23 heavy (non-hydrogen) atoms. The van der Waals surface area contributed by atoms with Crippen molar-refractivity contribution in [3.63, 3.8) is 0 Å². The van der Waals surface area contributed by atoms with E-state index in [-0.39, 0.29) is 0 Å². The van der Waals surface area contributed by atoms with Crippen LogP contribution in [0.3, 0.4) is 0 Å². The molecule has 0 heterocycles. The van der Waals surface area contributed by atoms with Gasteiger partial charge in [-0.25, -0.2) is 0 Å². The average molecular weight is 331 g/mol. The molecule has 0 radical (unpaired) electrons. The molecule has 0 nitrogen and oxygen atoms in total. The Bertz CT molecular complexity index is 146. The second-order valence-electron chi connectivity index (χ2n) is 7.04. The van der Waals surface area contributed by atoms with Gasteiger partial charge in [-0.2, -0.15) is 0 Å². The highest BCUT2D eigenvalue weighted by Crippen LogP contribution is 2.18. The van der Waals surface area contributed by atoms with Gasteiger partial charge in [-0.05, 0) is 17.8 Å². The van der Waals surface area contributed by atoms with Crippen molar-refractivity contribution in [1.82, 2.24) is 0 Å². The van der Waals surface area contributed by atoms with Crippen LogP contribution in [0, 0.1) is 17.8 Å². The highest BCUT2D eigenvalue weighted by Gasteiger charge is 2.07. The average Bonchev–Trinajstić information content (AvgIpc) is 2.57. The Morgan fingerprint density at radius 1 is 0.522 bits per heavy atom. The van der Waals surface area contributed by atoms with Crippen molar-refractivity contribution < 1.29 is 0 Å². The summed E-state index contributed by atoms with van der Waals surface area (Å²) < 4.78 is 0. The van der Waals surface area contributed by atoms with Crippen LogP contribution in [0.4, 0.5) is 0 Å². The molecule has 0 aromatic carbocycles. The first-order valence-corrected chi connectivity index (χ1v) is 10.9. The molecule has 146 valence electrons. The Morgan fingerprint density at radius 2 is 1.00 bits per heavy atom. The van der Waals surface area contributed by atoms with Crippen molar-refractivity contribution in [3.8, 4) is 0 Å². The number of rotatable bonds is 9. The van der Waals surface area contributed by atoms with Gasteiger partial charge in [0.1, 0.15) is 0 Å². The Labute approximate surface area is 152 Å². The van der Waals surface area contributed by atoms with E-state index in [4.69, 9.17) is 0 Å². The molecule has 0 heteroatoms. The normalized spacial score (nSPS) is 12.0. The highest BCUT2D eigenvalue weighted by atomic mass is 14.1. The van der Waals surface area contributed by atoms with Gasteiger partial charge in [-0.3, -0.25) is 0 Å². The zero-order valence-electron chi connectivity index (χ0n) is 19.1. The Hall–Kier alpha value is 0. The highest BCUT2D eigenvalue weighted by molar-refractivity contribution is 4.58. The summed E-state index contributed by atoms with van der Waals surface area (Å²) in [5.41, 5.74) is 0. The summed E-state index contributed by atoms with van der Waals surface area (Å²) in [5.74, 6) is 2.76. The van der Waals surface area contributed by atoms with Gasteiger partial charge in [0.15, 0.2) is 0 Å². The molecule has 0 aromatic rings. The molecule has 0 rings (SSSR count). The summed E-state index contributed by atoms with van der Waals surface area (Å²) >= 11 is 0. The summed E-state index contributed by atoms with van der Waals surface area (Å²) in [5, 5.41) is 0. The van der Waals surface area contributed by atoms with E-state index < -0.39 is 0 Å². The number of hydrogen-bond acceptors (Lipinski definition) is 0. The van der Waals surface area contributed by atoms with Crippen molar-refractivity contribution in [2.75, 3.05) is 0 Å². The molecule has 0 aliphatic carbocycles. The Kier molecular flexibility index (Phi) is 40.1. The molecule has 0 N–H and O–H groups in total. The lowest BCUT2D eigenvalue weighted by atomic mass is 9.90. The van der Waals surface area contributed by atoms with E-state index in [1.165, 1.54) is 57.8 Å². The summed E-state index contributed by atoms with van der Waals surface area (Å²) in [7, 11) is 0. The Balaban J connectivity index is -0.000000118. The van der Waals surface area contributed by atoms with Crippen molar-refractivity contribution in [3.05, 3.63) is 0 Å². The third kappa shape index (κ3) is 39.1. The van der Waals surface area contributed by atoms with Crippen molar-refractivity contribution in [2.45, 2.75) is 134 Å². The number of hydrogen-bond donors (Lipinski definition) is 0. The van der Waals surface area contributed by atoms with Crippen LogP contribution in [0.25, 0.3) is 0 Å². The van der Waals surface area contributed by atoms with Crippen molar-refractivity contribution >= 4 is 0 Å². The minimum Gasteiger partial charge on any atom is -0.0683 e. The maximum Gasteiger partial charge on any atom is -0.0417 e. The molecule has 0 aromatic heterocycles. The van der Waals surface area contributed by atoms with E-state index in [1.807, 2.05) is 13.8 Å². The van der Waals surface area contributed by atoms with Gasteiger partial charge in [0, 0.05) is 0 Å². The zero-order chi connectivity index (χ0) is 19.1. The van der Waals surface area contributed by atoms with Gasteiger partial charge in [0.25, 0.3) is 0 Å². The fourth-order valence-corrected chi connectivity index (χ4v) is 1.94. The van der Waals surface area contributed by atoms with Crippen LogP contribution in [0.1, 0.15) is 134 Å². The SMILES string of the molecule is CC.CCCC.CCCC(C)C(C)CC.CCCCCC(C)C. The van der Waals surface area contributed by atoms with E-state index in [9.17, 15) is 0 Å². The van der Waals surface area contributed by atoms with Gasteiger partial charge < -0.3 is 0 Å². The first kappa shape index (κ1) is 30.8. The lowest BCUT2D eigenvalue weighted by Gasteiger charge is -2.16. The van der Waals surface area contributed by atoms with Crippen LogP contribution in [-0.2, 0) is 0 Å². The largest absolute Gasteiger partial charge is 0.0683 e. The molecule has 0 fully saturated rings. The number of unbranched alkanes of at least 4 members (excludes halogenated alkanes) is 3. The van der Waals surface area contributed by atoms with Crippen LogP contribution in [-0.4, -0.2) is 0 Å². The van der Waals surface area contributed by atoms with Crippen LogP contribution >= 0.6 is 0 Å². The fraction of sp³-hybridized carbons (Fsp3) is 1.00. The van der Waals surface area contributed by atoms with Gasteiger partial charge in [-0.1, -0.05) is 134 Å². The summed E-state index contributed by atoms with van der Waals surface area (Å²) in [6.07, 6.45) is 12.3. The summed E-state index contributed by atoms with van der Waals surface area (Å²) in [6.45, 7) is 24.4. The lowest BCUT2D eigenvalue weighted by Crippen LogP contribution is -2.05. The smallest absolute Gasteiger partial charge is 0.0417 e. The maximum atomic E-state index is 2.36. The maximum absolute atomic E-state index is 2.36. The Morgan fingerprint density at radius 3 is 1.26 bits per heavy atom. The lowest BCUT2D eigenvalue weighted by molar-refractivity contribution is 0.352. The van der Waals surface area contributed by atoms with Crippen LogP contribution in [0.2, 0.25) is 0 Å². The monoisotopic (exact) mass is 330 g/mol. The first-order chi connectivity index (χ1) is 10.9. The molecule has 0 saturated carbocycles. The molecule has 2 atom stereocenters. The summed E-state index contributed by atoms with van der Waals surface area (Å²) in [4.78, 5) is 0. The van der Waals surface area contributed by atoms with E-state index in [1.54, 1.807) is 0 Å². The van der Waals surface area contributed by atoms with Crippen molar-refractivity contribution in [1.29, 1.82) is 0 Å². The minimum atomic E-state index is 0.904. The zero-order valence-corrected chi connectivity index (χ0v) is 19.1. The van der Waals surface area contributed by atoms with E-state index in [0.29, 0.717) is 0 Å². The molecule has 0 saturated heterocycles. The van der Waals surface area contributed by atoms with Gasteiger partial charge in [0.05, 0.1) is 0 Å². The molecule has 0 aliphatic rings. The third-order valence-electron chi connectivity index (χ3n) is 4.24. The molecular weight excluding hydrogens is 276 g/mol. The van der Waals surface area contributed by atoms with Crippen LogP contribution < -0.4 is 0 Å². The van der Waals surface area contributed by atoms with Crippen LogP contribution in [0.5, 0.6) is 0 Å². The van der Waals surface area contributed by atoms with Crippen LogP contribution in [0.15, 0.2) is 0 Å². The predicted octanol–water partition coefficient (Wildman–Crippen LogP) is 9.52. The summed E-state index contributed by atoms with van der Waals surface area (Å²) in [6, 6.07) is 0. The van der Waals surface area contributed by atoms with E-state index >= 15 is 0 Å². The third-order valence-corrected chi connectivity index (χ3v) is 4.24. The molecule has 0 spiro atoms. The van der Waals surface area contributed by atoms with Gasteiger partial charge in [0.2, 0.25) is 0 Å². The fourth-order valence-electron chi connectivity index (χ4n) is 1.94. The molecule has 2 unspecified atom stereocenters.